The SMILES string of the molecule is COC1C(OP(=O)([O-])OCC2OC(n3cnc4c(=O)[nH]c(N)nc43)C(O)C2O)C(COP(=O)([O-])OP(=O)([O-])OP(=O)([O-])OCC2OC([n+]3cn(C)c4c(=O)[nH]c(N)nc43)C(O)C2O)OC1n1cnc2c(N)nc(N)nc21. The fourth-order valence-electron chi connectivity index (χ4n) is 8.34. The average molecular weight is 1160 g/mol. The average Bonchev–Trinajstić information content (AvgIpc) is 4.17. The van der Waals surface area contributed by atoms with Crippen molar-refractivity contribution in [2.45, 2.75) is 73.6 Å². The molecule has 76 heavy (non-hydrogen) atoms. The summed E-state index contributed by atoms with van der Waals surface area (Å²) in [6, 6.07) is 0. The number of aliphatic hydroxyl groups excluding tert-OH is 4. The summed E-state index contributed by atoms with van der Waals surface area (Å²) in [4.78, 5) is 105. The fraction of sp³-hybridized carbons (Fsp3) is 0.531. The monoisotopic (exact) mass is 1160 g/mol. The number of fused-ring (bicyclic) bond motifs is 3. The first-order chi connectivity index (χ1) is 35.6. The number of hydrogen-bond acceptors (Lipinski definition) is 34. The Morgan fingerprint density at radius 1 is 0.671 bits per heavy atom. The maximum Gasteiger partial charge on any atom is 0.313 e. The Balaban J connectivity index is 0.870. The molecule has 9 rings (SSSR count). The van der Waals surface area contributed by atoms with E-state index in [4.69, 9.17) is 50.9 Å². The number of nitrogens with one attached hydrogen (secondary N) is 2. The quantitative estimate of drug-likeness (QED) is 0.0266. The normalized spacial score (nSPS) is 30.2. The number of aryl methyl sites for hydroxylation is 1. The second-order valence-corrected chi connectivity index (χ2v) is 22.5. The van der Waals surface area contributed by atoms with E-state index in [0.717, 1.165) is 33.5 Å². The summed E-state index contributed by atoms with van der Waals surface area (Å²) in [7, 11) is -22.5. The smallest absolute Gasteiger partial charge is 0.313 e. The van der Waals surface area contributed by atoms with Crippen LogP contribution in [0.3, 0.4) is 0 Å². The number of H-pyrrole nitrogens is 2. The molecular weight excluding hydrogens is 1120 g/mol. The Labute approximate surface area is 420 Å². The van der Waals surface area contributed by atoms with Crippen molar-refractivity contribution in [1.82, 2.24) is 53.6 Å². The number of aliphatic hydroxyl groups is 4. The second-order valence-electron chi connectivity index (χ2n) is 16.6. The molecule has 0 bridgehead atoms. The Morgan fingerprint density at radius 3 is 1.87 bits per heavy atom. The molecule has 3 saturated heterocycles. The lowest BCUT2D eigenvalue weighted by molar-refractivity contribution is -0.745. The van der Waals surface area contributed by atoms with E-state index in [0.29, 0.717) is 0 Å². The van der Waals surface area contributed by atoms with Gasteiger partial charge < -0.3 is 100.0 Å². The molecule has 0 amide bonds. The number of phosphoric acid groups is 4. The number of phosphoric ester groups is 3. The number of aromatic amines is 2. The van der Waals surface area contributed by atoms with Crippen LogP contribution in [0.25, 0.3) is 33.5 Å². The molecule has 0 radical (unpaired) electrons. The Morgan fingerprint density at radius 2 is 1.21 bits per heavy atom. The molecule has 16 unspecified atom stereocenters. The molecule has 0 spiro atoms. The molecule has 9 heterocycles. The third-order valence-electron chi connectivity index (χ3n) is 11.6. The van der Waals surface area contributed by atoms with Crippen LogP contribution in [-0.4, -0.2) is 156 Å². The zero-order chi connectivity index (χ0) is 55.1. The second kappa shape index (κ2) is 20.5. The lowest BCUT2D eigenvalue weighted by Crippen LogP contribution is -2.46. The molecule has 40 nitrogen and oxygen atoms in total. The van der Waals surface area contributed by atoms with Gasteiger partial charge in [-0.2, -0.15) is 15.0 Å². The maximum atomic E-state index is 13.6. The fourth-order valence-corrected chi connectivity index (χ4v) is 12.7. The highest BCUT2D eigenvalue weighted by molar-refractivity contribution is 7.65. The van der Waals surface area contributed by atoms with Gasteiger partial charge in [-0.15, -0.1) is 0 Å². The summed E-state index contributed by atoms with van der Waals surface area (Å²) in [6.07, 6.45) is -18.0. The van der Waals surface area contributed by atoms with Crippen LogP contribution in [0.5, 0.6) is 0 Å². The van der Waals surface area contributed by atoms with Crippen LogP contribution in [0.15, 0.2) is 28.6 Å². The summed E-state index contributed by atoms with van der Waals surface area (Å²) in [5.74, 6) is -1.27. The summed E-state index contributed by atoms with van der Waals surface area (Å²) >= 11 is 0. The molecule has 3 aliphatic heterocycles. The number of hydrogen-bond donors (Lipinski definition) is 10. The van der Waals surface area contributed by atoms with Crippen molar-refractivity contribution in [2.24, 2.45) is 7.05 Å². The summed E-state index contributed by atoms with van der Waals surface area (Å²) in [5.41, 5.74) is 20.7. The molecule has 0 saturated carbocycles. The molecule has 3 aliphatic rings. The van der Waals surface area contributed by atoms with Gasteiger partial charge in [-0.3, -0.25) is 51.5 Å². The number of nitrogen functional groups attached to an aromatic ring is 4. The van der Waals surface area contributed by atoms with Crippen LogP contribution in [0.1, 0.15) is 18.7 Å². The van der Waals surface area contributed by atoms with Gasteiger partial charge in [0.25, 0.3) is 48.4 Å². The largest absolute Gasteiger partial charge is 0.756 e. The minimum Gasteiger partial charge on any atom is -0.756 e. The zero-order valence-corrected chi connectivity index (χ0v) is 41.9. The topological polar surface area (TPSA) is 600 Å². The Bertz CT molecular complexity index is 3520. The lowest BCUT2D eigenvalue weighted by Gasteiger charge is -2.35. The van der Waals surface area contributed by atoms with Crippen LogP contribution in [0, 0.1) is 0 Å². The number of nitrogens with two attached hydrogens (primary N) is 4. The molecular formula is C32H41N16O24P4-3. The van der Waals surface area contributed by atoms with Gasteiger partial charge >= 0.3 is 5.65 Å². The first-order valence-corrected chi connectivity index (χ1v) is 27.1. The number of methoxy groups -OCH3 is 1. The van der Waals surface area contributed by atoms with Gasteiger partial charge in [0, 0.05) is 7.11 Å². The highest BCUT2D eigenvalue weighted by atomic mass is 31.3. The maximum absolute atomic E-state index is 13.6. The van der Waals surface area contributed by atoms with Crippen molar-refractivity contribution >= 4 is 88.4 Å². The molecule has 16 atom stereocenters. The van der Waals surface area contributed by atoms with Crippen molar-refractivity contribution in [2.75, 3.05) is 49.9 Å². The predicted octanol–water partition coefficient (Wildman–Crippen LogP) is -7.66. The zero-order valence-electron chi connectivity index (χ0n) is 38.3. The molecule has 44 heteroatoms. The van der Waals surface area contributed by atoms with Crippen LogP contribution >= 0.6 is 31.3 Å². The van der Waals surface area contributed by atoms with Crippen molar-refractivity contribution in [3.8, 4) is 0 Å². The van der Waals surface area contributed by atoms with Crippen LogP contribution < -0.4 is 58.2 Å². The number of nitrogens with zero attached hydrogens (tertiary/aromatic N) is 10. The lowest BCUT2D eigenvalue weighted by atomic mass is 10.1. The first kappa shape index (κ1) is 55.4. The highest BCUT2D eigenvalue weighted by Crippen LogP contribution is 2.63. The van der Waals surface area contributed by atoms with Crippen molar-refractivity contribution in [3.63, 3.8) is 0 Å². The molecule has 6 aromatic heterocycles. The minimum atomic E-state index is -6.61. The van der Waals surface area contributed by atoms with Crippen LogP contribution in [-0.2, 0) is 71.0 Å². The standard InChI is InChI=1S/C32H44N16O24P4/c1-45-8-48(24-14(45)26(54)44-32(36)42-24)28-18(52)16(50)10(68-28)4-65-74(57,58)71-76(61,62)72-75(59,60)66-5-11-19(20(63-2)29(69-11)47-6-37-12-21(33)39-30(34)40-22(12)47)70-73(55,56)64-3-9-15(49)17(51)27(67-9)46-7-38-13-23(46)41-31(35)43-25(13)53/h6-11,15-20,27-29,49-52H,3-5H2,1-2H3,(H13-,33,34,35,36,39,40,41,42,43,44,53,54,55,56,57,58,59,60,61,62)/p-3. The van der Waals surface area contributed by atoms with Gasteiger partial charge in [-0.1, -0.05) is 4.98 Å². The van der Waals surface area contributed by atoms with Crippen molar-refractivity contribution in [1.29, 1.82) is 0 Å². The Hall–Kier alpha value is -5.35. The van der Waals surface area contributed by atoms with E-state index in [9.17, 15) is 67.8 Å². The third-order valence-corrected chi connectivity index (χ3v) is 16.7. The van der Waals surface area contributed by atoms with E-state index >= 15 is 0 Å². The number of aromatic nitrogens is 12. The summed E-state index contributed by atoms with van der Waals surface area (Å²) in [5, 5.41) is 43.1. The number of imidazole rings is 3. The molecule has 0 aliphatic carbocycles. The molecule has 0 aromatic carbocycles. The van der Waals surface area contributed by atoms with Gasteiger partial charge in [0.15, 0.2) is 41.4 Å². The van der Waals surface area contributed by atoms with Crippen molar-refractivity contribution < 1.29 is 108 Å². The van der Waals surface area contributed by atoms with Crippen LogP contribution in [0.2, 0.25) is 0 Å². The van der Waals surface area contributed by atoms with E-state index < -0.39 is 136 Å². The van der Waals surface area contributed by atoms with Gasteiger partial charge in [-0.25, -0.2) is 23.2 Å². The number of ether oxygens (including phenoxy) is 4. The summed E-state index contributed by atoms with van der Waals surface area (Å²) in [6.45, 7) is -3.78. The van der Waals surface area contributed by atoms with E-state index in [2.05, 4.69) is 57.5 Å². The van der Waals surface area contributed by atoms with E-state index in [1.54, 1.807) is 0 Å². The number of rotatable bonds is 19. The van der Waals surface area contributed by atoms with E-state index in [-0.39, 0.29) is 57.2 Å². The van der Waals surface area contributed by atoms with Crippen molar-refractivity contribution in [3.05, 3.63) is 39.7 Å². The highest BCUT2D eigenvalue weighted by Gasteiger charge is 2.51. The Kier molecular flexibility index (Phi) is 14.9. The van der Waals surface area contributed by atoms with Gasteiger partial charge in [0.1, 0.15) is 60.5 Å². The van der Waals surface area contributed by atoms with Crippen LogP contribution in [0.4, 0.5) is 23.7 Å². The molecule has 416 valence electrons. The number of anilines is 4. The van der Waals surface area contributed by atoms with Gasteiger partial charge in [0.2, 0.25) is 23.6 Å². The third kappa shape index (κ3) is 10.9. The van der Waals surface area contributed by atoms with Gasteiger partial charge in [-0.05, 0) is 0 Å². The van der Waals surface area contributed by atoms with Gasteiger partial charge in [0.05, 0.1) is 39.5 Å². The first-order valence-electron chi connectivity index (χ1n) is 21.3. The summed E-state index contributed by atoms with van der Waals surface area (Å²) < 4.78 is 106. The van der Waals surface area contributed by atoms with E-state index in [1.165, 1.54) is 17.9 Å². The minimum absolute atomic E-state index is 0.0524. The molecule has 14 N–H and O–H groups in total. The predicted molar refractivity (Wildman–Crippen MR) is 235 cm³/mol. The van der Waals surface area contributed by atoms with E-state index in [1.807, 2.05) is 0 Å². The molecule has 3 fully saturated rings. The molecule has 6 aromatic rings.